The maximum atomic E-state index is 12.0. The Balaban J connectivity index is 2.42. The molecule has 124 valence electrons. The second kappa shape index (κ2) is 9.01. The SMILES string of the molecule is CCC1CCCN(C(C)(C)CNC(=O)[C@@H](N)CCSC)C1. The van der Waals surface area contributed by atoms with E-state index in [1.165, 1.54) is 19.3 Å². The molecule has 0 radical (unpaired) electrons. The average Bonchev–Trinajstić information content (AvgIpc) is 2.50. The highest BCUT2D eigenvalue weighted by atomic mass is 32.2. The van der Waals surface area contributed by atoms with Crippen LogP contribution in [0.25, 0.3) is 0 Å². The number of likely N-dealkylation sites (tertiary alicyclic amines) is 1. The summed E-state index contributed by atoms with van der Waals surface area (Å²) >= 11 is 1.73. The van der Waals surface area contributed by atoms with Crippen molar-refractivity contribution in [3.8, 4) is 0 Å². The highest BCUT2D eigenvalue weighted by Gasteiger charge is 2.31. The van der Waals surface area contributed by atoms with Crippen molar-refractivity contribution in [3.63, 3.8) is 0 Å². The quantitative estimate of drug-likeness (QED) is 0.720. The molecule has 0 aromatic carbocycles. The number of thioether (sulfide) groups is 1. The van der Waals surface area contributed by atoms with Crippen molar-refractivity contribution in [1.29, 1.82) is 0 Å². The van der Waals surface area contributed by atoms with Crippen molar-refractivity contribution in [1.82, 2.24) is 10.2 Å². The first-order valence-corrected chi connectivity index (χ1v) is 9.57. The van der Waals surface area contributed by atoms with Crippen molar-refractivity contribution in [2.75, 3.05) is 31.6 Å². The third-order valence-electron chi connectivity index (χ3n) is 4.62. The standard InChI is InChI=1S/C16H33N3OS/c1-5-13-7-6-9-19(11-13)16(2,3)12-18-15(20)14(17)8-10-21-4/h13-14H,5-12,17H2,1-4H3,(H,18,20)/t13?,14-/m0/s1. The Bertz CT molecular complexity index is 323. The van der Waals surface area contributed by atoms with Gasteiger partial charge in [0.2, 0.25) is 5.91 Å². The molecule has 1 saturated heterocycles. The summed E-state index contributed by atoms with van der Waals surface area (Å²) < 4.78 is 0. The maximum absolute atomic E-state index is 12.0. The van der Waals surface area contributed by atoms with Gasteiger partial charge in [0.1, 0.15) is 0 Å². The summed E-state index contributed by atoms with van der Waals surface area (Å²) in [5, 5.41) is 3.05. The average molecular weight is 316 g/mol. The van der Waals surface area contributed by atoms with Crippen LogP contribution in [0.1, 0.15) is 46.5 Å². The van der Waals surface area contributed by atoms with Gasteiger partial charge in [0.25, 0.3) is 0 Å². The molecule has 1 aliphatic heterocycles. The van der Waals surface area contributed by atoms with Crippen molar-refractivity contribution in [2.45, 2.75) is 58.0 Å². The first kappa shape index (κ1) is 18.8. The Kier molecular flexibility index (Phi) is 8.06. The minimum atomic E-state index is -0.377. The van der Waals surface area contributed by atoms with Gasteiger partial charge >= 0.3 is 0 Å². The number of nitrogens with zero attached hydrogens (tertiary/aromatic N) is 1. The van der Waals surface area contributed by atoms with Crippen LogP contribution in [0.3, 0.4) is 0 Å². The molecular weight excluding hydrogens is 282 g/mol. The fourth-order valence-corrected chi connectivity index (χ4v) is 3.36. The van der Waals surface area contributed by atoms with Gasteiger partial charge in [0.05, 0.1) is 6.04 Å². The van der Waals surface area contributed by atoms with E-state index in [1.54, 1.807) is 11.8 Å². The van der Waals surface area contributed by atoms with E-state index in [-0.39, 0.29) is 17.5 Å². The molecule has 0 spiro atoms. The first-order chi connectivity index (χ1) is 9.90. The molecular formula is C16H33N3OS. The summed E-state index contributed by atoms with van der Waals surface area (Å²) in [6.07, 6.45) is 6.64. The van der Waals surface area contributed by atoms with E-state index in [0.717, 1.165) is 31.2 Å². The van der Waals surface area contributed by atoms with E-state index in [0.29, 0.717) is 6.54 Å². The third kappa shape index (κ3) is 6.17. The molecule has 5 heteroatoms. The van der Waals surface area contributed by atoms with E-state index in [2.05, 4.69) is 31.0 Å². The number of hydrogen-bond donors (Lipinski definition) is 2. The molecule has 1 aliphatic rings. The second-order valence-corrected chi connectivity index (χ2v) is 7.77. The zero-order chi connectivity index (χ0) is 15.9. The number of hydrogen-bond acceptors (Lipinski definition) is 4. The summed E-state index contributed by atoms with van der Waals surface area (Å²) in [6.45, 7) is 9.68. The summed E-state index contributed by atoms with van der Waals surface area (Å²) in [5.74, 6) is 1.72. The number of carbonyl (C=O) groups excluding carboxylic acids is 1. The van der Waals surface area contributed by atoms with Gasteiger partial charge in [-0.25, -0.2) is 0 Å². The molecule has 0 bridgehead atoms. The van der Waals surface area contributed by atoms with Gasteiger partial charge in [-0.2, -0.15) is 11.8 Å². The van der Waals surface area contributed by atoms with Crippen LogP contribution in [0.5, 0.6) is 0 Å². The van der Waals surface area contributed by atoms with E-state index in [4.69, 9.17) is 5.73 Å². The Morgan fingerprint density at radius 3 is 2.86 bits per heavy atom. The van der Waals surface area contributed by atoms with Crippen LogP contribution in [0, 0.1) is 5.92 Å². The topological polar surface area (TPSA) is 58.4 Å². The molecule has 3 N–H and O–H groups in total. The fraction of sp³-hybridized carbons (Fsp3) is 0.938. The second-order valence-electron chi connectivity index (χ2n) is 6.78. The molecule has 0 aromatic heterocycles. The summed E-state index contributed by atoms with van der Waals surface area (Å²) in [4.78, 5) is 14.6. The Hall–Kier alpha value is -0.260. The number of nitrogens with one attached hydrogen (secondary N) is 1. The van der Waals surface area contributed by atoms with Gasteiger partial charge in [-0.15, -0.1) is 0 Å². The number of nitrogens with two attached hydrogens (primary N) is 1. The zero-order valence-corrected chi connectivity index (χ0v) is 15.0. The molecule has 1 heterocycles. The van der Waals surface area contributed by atoms with E-state index in [9.17, 15) is 4.79 Å². The number of carbonyl (C=O) groups is 1. The zero-order valence-electron chi connectivity index (χ0n) is 14.2. The van der Waals surface area contributed by atoms with Crippen molar-refractivity contribution in [2.24, 2.45) is 11.7 Å². The van der Waals surface area contributed by atoms with Gasteiger partial charge in [-0.3, -0.25) is 9.69 Å². The van der Waals surface area contributed by atoms with E-state index < -0.39 is 0 Å². The lowest BCUT2D eigenvalue weighted by molar-refractivity contribution is -0.123. The van der Waals surface area contributed by atoms with Gasteiger partial charge in [-0.1, -0.05) is 13.3 Å². The van der Waals surface area contributed by atoms with Crippen LogP contribution in [-0.2, 0) is 4.79 Å². The van der Waals surface area contributed by atoms with Crippen LogP contribution in [0.4, 0.5) is 0 Å². The molecule has 4 nitrogen and oxygen atoms in total. The lowest BCUT2D eigenvalue weighted by Gasteiger charge is -2.43. The molecule has 1 rings (SSSR count). The summed E-state index contributed by atoms with van der Waals surface area (Å²) in [5.41, 5.74) is 5.92. The lowest BCUT2D eigenvalue weighted by Crippen LogP contribution is -2.56. The minimum absolute atomic E-state index is 0.00270. The van der Waals surface area contributed by atoms with E-state index in [1.807, 2.05) is 6.26 Å². The minimum Gasteiger partial charge on any atom is -0.353 e. The van der Waals surface area contributed by atoms with Crippen molar-refractivity contribution < 1.29 is 4.79 Å². The van der Waals surface area contributed by atoms with E-state index >= 15 is 0 Å². The Morgan fingerprint density at radius 2 is 2.24 bits per heavy atom. The van der Waals surface area contributed by atoms with Gasteiger partial charge < -0.3 is 11.1 Å². The maximum Gasteiger partial charge on any atom is 0.237 e. The largest absolute Gasteiger partial charge is 0.353 e. The van der Waals surface area contributed by atoms with Crippen molar-refractivity contribution in [3.05, 3.63) is 0 Å². The molecule has 2 atom stereocenters. The molecule has 0 aliphatic carbocycles. The van der Waals surface area contributed by atoms with Crippen LogP contribution in [0.15, 0.2) is 0 Å². The summed E-state index contributed by atoms with van der Waals surface area (Å²) in [6, 6.07) is -0.377. The highest BCUT2D eigenvalue weighted by Crippen LogP contribution is 2.25. The Labute approximate surface area is 134 Å². The first-order valence-electron chi connectivity index (χ1n) is 8.18. The normalized spacial score (nSPS) is 22.0. The molecule has 0 aromatic rings. The predicted molar refractivity (Wildman–Crippen MR) is 92.7 cm³/mol. The number of amides is 1. The van der Waals surface area contributed by atoms with Crippen LogP contribution < -0.4 is 11.1 Å². The summed E-state index contributed by atoms with van der Waals surface area (Å²) in [7, 11) is 0. The predicted octanol–water partition coefficient (Wildman–Crippen LogP) is 2.08. The lowest BCUT2D eigenvalue weighted by atomic mass is 9.91. The van der Waals surface area contributed by atoms with Crippen LogP contribution in [-0.4, -0.2) is 54.0 Å². The fourth-order valence-electron chi connectivity index (χ4n) is 2.87. The molecule has 0 saturated carbocycles. The molecule has 1 amide bonds. The Morgan fingerprint density at radius 1 is 1.52 bits per heavy atom. The number of piperidine rings is 1. The monoisotopic (exact) mass is 315 g/mol. The van der Waals surface area contributed by atoms with Gasteiger partial charge in [0, 0.05) is 18.6 Å². The number of rotatable bonds is 8. The molecule has 1 fully saturated rings. The molecule has 21 heavy (non-hydrogen) atoms. The smallest absolute Gasteiger partial charge is 0.237 e. The molecule has 1 unspecified atom stereocenters. The van der Waals surface area contributed by atoms with Crippen molar-refractivity contribution >= 4 is 17.7 Å². The highest BCUT2D eigenvalue weighted by molar-refractivity contribution is 7.98. The van der Waals surface area contributed by atoms with Gasteiger partial charge in [-0.05, 0) is 57.6 Å². The third-order valence-corrected chi connectivity index (χ3v) is 5.26. The van der Waals surface area contributed by atoms with Crippen LogP contribution in [0.2, 0.25) is 0 Å². The van der Waals surface area contributed by atoms with Gasteiger partial charge in [0.15, 0.2) is 0 Å². The van der Waals surface area contributed by atoms with Crippen LogP contribution >= 0.6 is 11.8 Å².